The summed E-state index contributed by atoms with van der Waals surface area (Å²) in [4.78, 5) is 13.2. The number of nitrogens with zero attached hydrogens (tertiary/aromatic N) is 1. The number of likely N-dealkylation sites (N-methyl/N-ethyl adjacent to an activating group) is 1. The first-order valence-electron chi connectivity index (χ1n) is 7.32. The van der Waals surface area contributed by atoms with Crippen LogP contribution in [-0.4, -0.2) is 61.6 Å². The van der Waals surface area contributed by atoms with E-state index in [0.717, 1.165) is 6.54 Å². The number of para-hydroxylation sites is 1. The summed E-state index contributed by atoms with van der Waals surface area (Å²) in [5.41, 5.74) is 0.133. The summed E-state index contributed by atoms with van der Waals surface area (Å²) in [5, 5.41) is 9.09. The molecule has 0 amide bonds. The van der Waals surface area contributed by atoms with Gasteiger partial charge in [-0.2, -0.15) is 0 Å². The summed E-state index contributed by atoms with van der Waals surface area (Å²) in [6, 6.07) is 6.54. The van der Waals surface area contributed by atoms with E-state index in [1.165, 1.54) is 6.07 Å². The van der Waals surface area contributed by atoms with Crippen LogP contribution in [0.25, 0.3) is 0 Å². The Bertz CT molecular complexity index is 629. The van der Waals surface area contributed by atoms with Crippen molar-refractivity contribution in [2.45, 2.75) is 19.4 Å². The van der Waals surface area contributed by atoms with E-state index in [0.29, 0.717) is 25.3 Å². The van der Waals surface area contributed by atoms with Gasteiger partial charge in [0.15, 0.2) is 9.84 Å². The molecule has 1 atom stereocenters. The minimum Gasteiger partial charge on any atom is -0.491 e. The molecule has 2 rings (SSSR count). The van der Waals surface area contributed by atoms with Gasteiger partial charge in [0.1, 0.15) is 17.9 Å². The monoisotopic (exact) mass is 327 g/mol. The highest BCUT2D eigenvalue weighted by atomic mass is 32.2. The Morgan fingerprint density at radius 1 is 1.41 bits per heavy atom. The highest BCUT2D eigenvalue weighted by Crippen LogP contribution is 2.19. The van der Waals surface area contributed by atoms with Crippen LogP contribution in [0.1, 0.15) is 23.7 Å². The third-order valence-electron chi connectivity index (χ3n) is 3.88. The van der Waals surface area contributed by atoms with Gasteiger partial charge in [-0.25, -0.2) is 13.2 Å². The number of aromatic carboxylic acids is 1. The van der Waals surface area contributed by atoms with Crippen molar-refractivity contribution in [1.82, 2.24) is 4.90 Å². The first-order valence-corrected chi connectivity index (χ1v) is 9.14. The van der Waals surface area contributed by atoms with Crippen LogP contribution in [0.15, 0.2) is 24.3 Å². The molecule has 0 radical (unpaired) electrons. The predicted octanol–water partition coefficient (Wildman–Crippen LogP) is 1.27. The Balaban J connectivity index is 1.91. The van der Waals surface area contributed by atoms with E-state index in [-0.39, 0.29) is 23.1 Å². The Hall–Kier alpha value is -1.60. The molecule has 7 heteroatoms. The second kappa shape index (κ2) is 7.11. The van der Waals surface area contributed by atoms with Gasteiger partial charge in [0.25, 0.3) is 0 Å². The van der Waals surface area contributed by atoms with Crippen molar-refractivity contribution in [3.05, 3.63) is 29.8 Å². The van der Waals surface area contributed by atoms with E-state index < -0.39 is 15.8 Å². The summed E-state index contributed by atoms with van der Waals surface area (Å²) < 4.78 is 28.7. The molecule has 0 bridgehead atoms. The van der Waals surface area contributed by atoms with Gasteiger partial charge < -0.3 is 9.84 Å². The lowest BCUT2D eigenvalue weighted by molar-refractivity contribution is 0.0691. The third-order valence-corrected chi connectivity index (χ3v) is 5.63. The molecule has 0 aliphatic carbocycles. The Labute approximate surface area is 130 Å². The van der Waals surface area contributed by atoms with Crippen LogP contribution < -0.4 is 4.74 Å². The summed E-state index contributed by atoms with van der Waals surface area (Å²) in [7, 11) is -2.91. The summed E-state index contributed by atoms with van der Waals surface area (Å²) in [6.07, 6.45) is 0.655. The standard InChI is InChI=1S/C15H21NO5S/c1-2-16(12-7-10-22(19,20)11-12)8-9-21-14-6-4-3-5-13(14)15(17)18/h3-6,12H,2,7-11H2,1H3,(H,17,18). The number of hydrogen-bond acceptors (Lipinski definition) is 5. The number of carboxylic acids is 1. The average molecular weight is 327 g/mol. The van der Waals surface area contributed by atoms with Gasteiger partial charge >= 0.3 is 5.97 Å². The maximum atomic E-state index is 11.6. The molecule has 1 heterocycles. The van der Waals surface area contributed by atoms with Gasteiger partial charge in [-0.3, -0.25) is 4.90 Å². The van der Waals surface area contributed by atoms with Crippen molar-refractivity contribution < 1.29 is 23.1 Å². The molecular formula is C15H21NO5S. The smallest absolute Gasteiger partial charge is 0.339 e. The first kappa shape index (κ1) is 16.8. The van der Waals surface area contributed by atoms with E-state index in [1.54, 1.807) is 18.2 Å². The molecule has 1 aliphatic heterocycles. The molecule has 22 heavy (non-hydrogen) atoms. The summed E-state index contributed by atoms with van der Waals surface area (Å²) in [5.74, 6) is -0.237. The molecular weight excluding hydrogens is 306 g/mol. The Morgan fingerprint density at radius 3 is 2.73 bits per heavy atom. The molecule has 1 aliphatic rings. The minimum absolute atomic E-state index is 0.0355. The van der Waals surface area contributed by atoms with Gasteiger partial charge in [-0.1, -0.05) is 19.1 Å². The predicted molar refractivity (Wildman–Crippen MR) is 83.2 cm³/mol. The van der Waals surface area contributed by atoms with Crippen LogP contribution in [0.5, 0.6) is 5.75 Å². The van der Waals surface area contributed by atoms with Crippen LogP contribution in [-0.2, 0) is 9.84 Å². The van der Waals surface area contributed by atoms with E-state index in [2.05, 4.69) is 4.90 Å². The van der Waals surface area contributed by atoms with Gasteiger partial charge in [0.2, 0.25) is 0 Å². The van der Waals surface area contributed by atoms with E-state index in [1.807, 2.05) is 6.92 Å². The fourth-order valence-corrected chi connectivity index (χ4v) is 4.47. The summed E-state index contributed by atoms with van der Waals surface area (Å²) in [6.45, 7) is 3.62. The molecule has 1 unspecified atom stereocenters. The second-order valence-corrected chi connectivity index (χ2v) is 7.56. The van der Waals surface area contributed by atoms with Crippen LogP contribution in [0, 0.1) is 0 Å². The maximum absolute atomic E-state index is 11.6. The highest BCUT2D eigenvalue weighted by molar-refractivity contribution is 7.91. The van der Waals surface area contributed by atoms with Crippen molar-refractivity contribution in [2.24, 2.45) is 0 Å². The zero-order valence-corrected chi connectivity index (χ0v) is 13.4. The first-order chi connectivity index (χ1) is 10.4. The third kappa shape index (κ3) is 4.20. The van der Waals surface area contributed by atoms with E-state index in [4.69, 9.17) is 9.84 Å². The molecule has 1 fully saturated rings. The molecule has 122 valence electrons. The fraction of sp³-hybridized carbons (Fsp3) is 0.533. The number of carbonyl (C=O) groups is 1. The Kier molecular flexibility index (Phi) is 5.42. The van der Waals surface area contributed by atoms with Crippen LogP contribution in [0.3, 0.4) is 0 Å². The number of benzene rings is 1. The molecule has 1 N–H and O–H groups in total. The van der Waals surface area contributed by atoms with Crippen molar-refractivity contribution in [1.29, 1.82) is 0 Å². The number of rotatable bonds is 7. The molecule has 0 saturated carbocycles. The molecule has 1 aromatic carbocycles. The van der Waals surface area contributed by atoms with Gasteiger partial charge in [-0.15, -0.1) is 0 Å². The summed E-state index contributed by atoms with van der Waals surface area (Å²) >= 11 is 0. The van der Waals surface area contributed by atoms with Crippen LogP contribution in [0.2, 0.25) is 0 Å². The lowest BCUT2D eigenvalue weighted by Gasteiger charge is -2.26. The number of ether oxygens (including phenoxy) is 1. The molecule has 0 spiro atoms. The number of carboxylic acid groups (broad SMARTS) is 1. The molecule has 0 aromatic heterocycles. The zero-order chi connectivity index (χ0) is 16.2. The fourth-order valence-electron chi connectivity index (χ4n) is 2.70. The molecule has 6 nitrogen and oxygen atoms in total. The average Bonchev–Trinajstić information content (AvgIpc) is 2.84. The van der Waals surface area contributed by atoms with Crippen LogP contribution >= 0.6 is 0 Å². The molecule has 1 aromatic rings. The van der Waals surface area contributed by atoms with Crippen LogP contribution in [0.4, 0.5) is 0 Å². The lowest BCUT2D eigenvalue weighted by atomic mass is 10.2. The van der Waals surface area contributed by atoms with Crippen molar-refractivity contribution in [3.63, 3.8) is 0 Å². The normalized spacial score (nSPS) is 20.2. The second-order valence-electron chi connectivity index (χ2n) is 5.34. The van der Waals surface area contributed by atoms with Gasteiger partial charge in [0.05, 0.1) is 11.5 Å². The highest BCUT2D eigenvalue weighted by Gasteiger charge is 2.31. The quantitative estimate of drug-likeness (QED) is 0.812. The number of hydrogen-bond donors (Lipinski definition) is 1. The van der Waals surface area contributed by atoms with E-state index in [9.17, 15) is 13.2 Å². The number of sulfone groups is 1. The Morgan fingerprint density at radius 2 is 2.14 bits per heavy atom. The van der Waals surface area contributed by atoms with Crippen molar-refractivity contribution >= 4 is 15.8 Å². The van der Waals surface area contributed by atoms with Crippen molar-refractivity contribution in [3.8, 4) is 5.75 Å². The van der Waals surface area contributed by atoms with Crippen molar-refractivity contribution in [2.75, 3.05) is 31.2 Å². The zero-order valence-electron chi connectivity index (χ0n) is 12.6. The van der Waals surface area contributed by atoms with Gasteiger partial charge in [-0.05, 0) is 25.1 Å². The topological polar surface area (TPSA) is 83.9 Å². The molecule has 1 saturated heterocycles. The van der Waals surface area contributed by atoms with E-state index >= 15 is 0 Å². The largest absolute Gasteiger partial charge is 0.491 e. The lowest BCUT2D eigenvalue weighted by Crippen LogP contribution is -2.38. The maximum Gasteiger partial charge on any atom is 0.339 e. The minimum atomic E-state index is -2.91. The van der Waals surface area contributed by atoms with Gasteiger partial charge in [0, 0.05) is 12.6 Å². The SMILES string of the molecule is CCN(CCOc1ccccc1C(=O)O)C1CCS(=O)(=O)C1.